The van der Waals surface area contributed by atoms with E-state index in [2.05, 4.69) is 184 Å². The summed E-state index contributed by atoms with van der Waals surface area (Å²) >= 11 is 0. The lowest BCUT2D eigenvalue weighted by Gasteiger charge is -2.24. The van der Waals surface area contributed by atoms with Crippen molar-refractivity contribution >= 4 is 43.1 Å². The third-order valence-electron chi connectivity index (χ3n) is 11.0. The van der Waals surface area contributed by atoms with E-state index in [4.69, 9.17) is 0 Å². The van der Waals surface area contributed by atoms with Gasteiger partial charge in [-0.25, -0.2) is 0 Å². The largest absolute Gasteiger partial charge is 0.0616 e. The predicted octanol–water partition coefficient (Wildman–Crippen LogP) is 13.6. The molecular formula is C49H34. The Bertz CT molecular complexity index is 2800. The van der Waals surface area contributed by atoms with Crippen LogP contribution in [0.25, 0.3) is 87.6 Å². The fourth-order valence-corrected chi connectivity index (χ4v) is 8.78. The molecule has 1 aliphatic rings. The van der Waals surface area contributed by atoms with E-state index in [1.54, 1.807) is 0 Å². The normalized spacial score (nSPS) is 13.3. The van der Waals surface area contributed by atoms with Gasteiger partial charge in [-0.3, -0.25) is 0 Å². The second-order valence-corrected chi connectivity index (χ2v) is 14.0. The van der Waals surface area contributed by atoms with E-state index in [9.17, 15) is 0 Å². The first-order valence-corrected chi connectivity index (χ1v) is 17.3. The van der Waals surface area contributed by atoms with Crippen molar-refractivity contribution < 1.29 is 0 Å². The van der Waals surface area contributed by atoms with Gasteiger partial charge in [-0.15, -0.1) is 0 Å². The Balaban J connectivity index is 1.20. The van der Waals surface area contributed by atoms with Gasteiger partial charge in [0.25, 0.3) is 0 Å². The van der Waals surface area contributed by atoms with Crippen molar-refractivity contribution in [3.63, 3.8) is 0 Å². The van der Waals surface area contributed by atoms with Crippen LogP contribution in [0.4, 0.5) is 0 Å². The summed E-state index contributed by atoms with van der Waals surface area (Å²) in [6.07, 6.45) is 0. The van der Waals surface area contributed by atoms with Crippen molar-refractivity contribution in [2.24, 2.45) is 0 Å². The van der Waals surface area contributed by atoms with Crippen LogP contribution in [0.1, 0.15) is 25.0 Å². The number of hydrogen-bond donors (Lipinski definition) is 0. The molecule has 0 spiro atoms. The monoisotopic (exact) mass is 622 g/mol. The summed E-state index contributed by atoms with van der Waals surface area (Å²) in [5, 5.41) is 10.3. The van der Waals surface area contributed by atoms with Crippen LogP contribution in [-0.4, -0.2) is 0 Å². The molecule has 9 aromatic rings. The highest BCUT2D eigenvalue weighted by Crippen LogP contribution is 2.53. The van der Waals surface area contributed by atoms with E-state index >= 15 is 0 Å². The Kier molecular flexibility index (Phi) is 6.02. The Labute approximate surface area is 286 Å². The highest BCUT2D eigenvalue weighted by molar-refractivity contribution is 6.21. The van der Waals surface area contributed by atoms with Crippen molar-refractivity contribution in [2.75, 3.05) is 0 Å². The molecule has 1 aliphatic carbocycles. The molecule has 10 rings (SSSR count). The van der Waals surface area contributed by atoms with Crippen molar-refractivity contribution in [2.45, 2.75) is 19.3 Å². The third kappa shape index (κ3) is 4.11. The van der Waals surface area contributed by atoms with Crippen LogP contribution < -0.4 is 0 Å². The van der Waals surface area contributed by atoms with Gasteiger partial charge in [-0.05, 0) is 111 Å². The van der Waals surface area contributed by atoms with E-state index < -0.39 is 0 Å². The lowest BCUT2D eigenvalue weighted by Crippen LogP contribution is -2.15. The van der Waals surface area contributed by atoms with Gasteiger partial charge in [0.2, 0.25) is 0 Å². The van der Waals surface area contributed by atoms with Crippen LogP contribution in [0.15, 0.2) is 170 Å². The summed E-state index contributed by atoms with van der Waals surface area (Å²) in [7, 11) is 0. The highest BCUT2D eigenvalue weighted by atomic mass is 14.4. The highest BCUT2D eigenvalue weighted by Gasteiger charge is 2.37. The molecule has 0 nitrogen and oxygen atoms in total. The number of hydrogen-bond acceptors (Lipinski definition) is 0. The van der Waals surface area contributed by atoms with Crippen LogP contribution in [0.2, 0.25) is 0 Å². The average Bonchev–Trinajstić information content (AvgIpc) is 3.39. The molecule has 0 saturated heterocycles. The molecule has 0 N–H and O–H groups in total. The van der Waals surface area contributed by atoms with Crippen molar-refractivity contribution in [3.8, 4) is 44.5 Å². The zero-order valence-corrected chi connectivity index (χ0v) is 27.7. The Morgan fingerprint density at radius 3 is 1.65 bits per heavy atom. The van der Waals surface area contributed by atoms with Gasteiger partial charge >= 0.3 is 0 Å². The van der Waals surface area contributed by atoms with Gasteiger partial charge in [0.05, 0.1) is 0 Å². The maximum absolute atomic E-state index is 2.46. The number of benzene rings is 9. The molecular weight excluding hydrogens is 589 g/mol. The van der Waals surface area contributed by atoms with Crippen LogP contribution >= 0.6 is 0 Å². The first kappa shape index (κ1) is 28.1. The molecule has 0 heterocycles. The summed E-state index contributed by atoms with van der Waals surface area (Å²) < 4.78 is 0. The van der Waals surface area contributed by atoms with Crippen molar-refractivity contribution in [1.29, 1.82) is 0 Å². The standard InChI is InChI=1S/C49H34/c1-49(2)46-30-34(25-26-41(46)44-28-24-32-14-4-8-19-38(32)48(44)49)36-17-9-10-20-39(36)40-21-11-12-22-42(40)47-37-18-7-5-15-33(37)29-45-35-16-6-3-13-31(35)23-27-43(45)47/h3-30H,1-2H3. The first-order valence-electron chi connectivity index (χ1n) is 17.3. The second-order valence-electron chi connectivity index (χ2n) is 14.0. The smallest absolute Gasteiger partial charge is 0.0165 e. The fraction of sp³-hybridized carbons (Fsp3) is 0.0612. The van der Waals surface area contributed by atoms with Gasteiger partial charge in [-0.1, -0.05) is 172 Å². The maximum atomic E-state index is 2.46. The number of rotatable bonds is 3. The van der Waals surface area contributed by atoms with E-state index in [0.717, 1.165) is 0 Å². The SMILES string of the molecule is CC1(C)c2cc(-c3ccccc3-c3ccccc3-c3c4ccccc4cc4c3ccc3ccccc34)ccc2-c2ccc3ccccc3c21. The fourth-order valence-electron chi connectivity index (χ4n) is 8.78. The van der Waals surface area contributed by atoms with Crippen LogP contribution in [0.5, 0.6) is 0 Å². The summed E-state index contributed by atoms with van der Waals surface area (Å²) in [5.41, 5.74) is 13.0. The molecule has 0 bridgehead atoms. The van der Waals surface area contributed by atoms with Crippen molar-refractivity contribution in [1.82, 2.24) is 0 Å². The lowest BCUT2D eigenvalue weighted by atomic mass is 9.79. The van der Waals surface area contributed by atoms with E-state index in [1.165, 1.54) is 98.7 Å². The Morgan fingerprint density at radius 1 is 0.327 bits per heavy atom. The predicted molar refractivity (Wildman–Crippen MR) is 210 cm³/mol. The molecule has 0 aromatic heterocycles. The van der Waals surface area contributed by atoms with Gasteiger partial charge in [0.1, 0.15) is 0 Å². The zero-order valence-electron chi connectivity index (χ0n) is 27.7. The summed E-state index contributed by atoms with van der Waals surface area (Å²) in [6.45, 7) is 4.79. The van der Waals surface area contributed by atoms with E-state index in [0.29, 0.717) is 0 Å². The van der Waals surface area contributed by atoms with E-state index in [1.807, 2.05) is 0 Å². The van der Waals surface area contributed by atoms with Gasteiger partial charge in [0.15, 0.2) is 0 Å². The molecule has 0 unspecified atom stereocenters. The molecule has 0 atom stereocenters. The van der Waals surface area contributed by atoms with Gasteiger partial charge < -0.3 is 0 Å². The number of fused-ring (bicyclic) bond motifs is 9. The minimum absolute atomic E-state index is 0.112. The Morgan fingerprint density at radius 2 is 0.878 bits per heavy atom. The molecule has 9 aromatic carbocycles. The molecule has 0 fully saturated rings. The summed E-state index contributed by atoms with van der Waals surface area (Å²) in [5.74, 6) is 0. The minimum atomic E-state index is -0.112. The van der Waals surface area contributed by atoms with Crippen molar-refractivity contribution in [3.05, 3.63) is 181 Å². The average molecular weight is 623 g/mol. The summed E-state index contributed by atoms with van der Waals surface area (Å²) in [6, 6.07) is 63.1. The minimum Gasteiger partial charge on any atom is -0.0616 e. The van der Waals surface area contributed by atoms with Gasteiger partial charge in [-0.2, -0.15) is 0 Å². The van der Waals surface area contributed by atoms with Crippen LogP contribution in [0.3, 0.4) is 0 Å². The zero-order chi connectivity index (χ0) is 32.7. The van der Waals surface area contributed by atoms with Gasteiger partial charge in [0, 0.05) is 5.41 Å². The second kappa shape index (κ2) is 10.5. The molecule has 0 saturated carbocycles. The summed E-state index contributed by atoms with van der Waals surface area (Å²) in [4.78, 5) is 0. The van der Waals surface area contributed by atoms with Crippen LogP contribution in [0, 0.1) is 0 Å². The van der Waals surface area contributed by atoms with E-state index in [-0.39, 0.29) is 5.41 Å². The Hall–Kier alpha value is -5.98. The third-order valence-corrected chi connectivity index (χ3v) is 11.0. The first-order chi connectivity index (χ1) is 24.1. The molecule has 230 valence electrons. The maximum Gasteiger partial charge on any atom is 0.0165 e. The lowest BCUT2D eigenvalue weighted by molar-refractivity contribution is 0.666. The molecule has 0 radical (unpaired) electrons. The molecule has 0 aliphatic heterocycles. The van der Waals surface area contributed by atoms with Crippen LogP contribution in [-0.2, 0) is 5.41 Å². The molecule has 0 heteroatoms. The molecule has 49 heavy (non-hydrogen) atoms. The topological polar surface area (TPSA) is 0 Å². The quantitative estimate of drug-likeness (QED) is 0.136. The molecule has 0 amide bonds.